The van der Waals surface area contributed by atoms with Crippen LogP contribution in [0, 0.1) is 5.82 Å². The summed E-state index contributed by atoms with van der Waals surface area (Å²) < 4.78 is 14.1. The van der Waals surface area contributed by atoms with Crippen LogP contribution in [0.15, 0.2) is 36.4 Å². The Morgan fingerprint density at radius 3 is 2.55 bits per heavy atom. The minimum atomic E-state index is -0.499. The Morgan fingerprint density at radius 2 is 1.75 bits per heavy atom. The molecule has 0 aliphatic heterocycles. The van der Waals surface area contributed by atoms with Crippen LogP contribution in [0.1, 0.15) is 40.5 Å². The maximum absolute atomic E-state index is 14.1. The van der Waals surface area contributed by atoms with Crippen molar-refractivity contribution in [1.82, 2.24) is 0 Å². The molecule has 0 spiro atoms. The molecule has 0 nitrogen and oxygen atoms in total. The number of alkyl halides is 1. The summed E-state index contributed by atoms with van der Waals surface area (Å²) in [6.45, 7) is 0. The summed E-state index contributed by atoms with van der Waals surface area (Å²) in [6.07, 6.45) is 4.69. The first-order chi connectivity index (χ1) is 9.66. The molecule has 104 valence electrons. The molecule has 1 unspecified atom stereocenters. The zero-order valence-corrected chi connectivity index (χ0v) is 12.5. The van der Waals surface area contributed by atoms with Crippen LogP contribution < -0.4 is 0 Å². The average Bonchev–Trinajstić information content (AvgIpc) is 2.49. The molecular formula is C17H15Cl2F. The van der Waals surface area contributed by atoms with Crippen molar-refractivity contribution in [2.75, 3.05) is 0 Å². The molecule has 1 aliphatic rings. The van der Waals surface area contributed by atoms with Gasteiger partial charge in [0.2, 0.25) is 0 Å². The zero-order chi connectivity index (χ0) is 14.1. The first-order valence-electron chi connectivity index (χ1n) is 6.86. The number of aryl methyl sites for hydroxylation is 2. The van der Waals surface area contributed by atoms with E-state index in [0.29, 0.717) is 5.56 Å². The van der Waals surface area contributed by atoms with Crippen molar-refractivity contribution in [1.29, 1.82) is 0 Å². The molecule has 0 bridgehead atoms. The Balaban J connectivity index is 1.98. The summed E-state index contributed by atoms with van der Waals surface area (Å²) in [4.78, 5) is 0. The van der Waals surface area contributed by atoms with Crippen LogP contribution in [-0.4, -0.2) is 0 Å². The van der Waals surface area contributed by atoms with Crippen LogP contribution >= 0.6 is 23.2 Å². The van der Waals surface area contributed by atoms with Gasteiger partial charge in [-0.3, -0.25) is 0 Å². The second-order valence-corrected chi connectivity index (χ2v) is 6.08. The fourth-order valence-corrected chi connectivity index (χ4v) is 3.29. The molecular weight excluding hydrogens is 294 g/mol. The number of benzene rings is 2. The Labute approximate surface area is 128 Å². The molecule has 0 aromatic heterocycles. The number of halogens is 3. The van der Waals surface area contributed by atoms with Crippen molar-refractivity contribution >= 4 is 23.2 Å². The standard InChI is InChI=1S/C17H15Cl2F/c18-15-7-3-6-14(17(15)20)16(19)13-9-8-11-4-1-2-5-12(11)10-13/h3,6-10,16H,1-2,4-5H2. The second kappa shape index (κ2) is 5.75. The number of hydrogen-bond donors (Lipinski definition) is 0. The van der Waals surface area contributed by atoms with E-state index < -0.39 is 11.2 Å². The van der Waals surface area contributed by atoms with Gasteiger partial charge in [-0.2, -0.15) is 0 Å². The second-order valence-electron chi connectivity index (χ2n) is 5.24. The summed E-state index contributed by atoms with van der Waals surface area (Å²) in [5, 5.41) is -0.382. The number of fused-ring (bicyclic) bond motifs is 1. The van der Waals surface area contributed by atoms with Crippen LogP contribution in [-0.2, 0) is 12.8 Å². The molecule has 2 aromatic carbocycles. The smallest absolute Gasteiger partial charge is 0.146 e. The lowest BCUT2D eigenvalue weighted by molar-refractivity contribution is 0.612. The fourth-order valence-electron chi connectivity index (χ4n) is 2.81. The molecule has 3 heteroatoms. The van der Waals surface area contributed by atoms with Crippen LogP contribution in [0.3, 0.4) is 0 Å². The Bertz CT molecular complexity index is 637. The van der Waals surface area contributed by atoms with E-state index >= 15 is 0 Å². The number of hydrogen-bond acceptors (Lipinski definition) is 0. The number of rotatable bonds is 2. The van der Waals surface area contributed by atoms with E-state index in [1.54, 1.807) is 12.1 Å². The quantitative estimate of drug-likeness (QED) is 0.625. The van der Waals surface area contributed by atoms with Crippen molar-refractivity contribution in [3.8, 4) is 0 Å². The Kier molecular flexibility index (Phi) is 4.00. The lowest BCUT2D eigenvalue weighted by atomic mass is 9.89. The van der Waals surface area contributed by atoms with E-state index in [-0.39, 0.29) is 5.02 Å². The van der Waals surface area contributed by atoms with E-state index in [9.17, 15) is 4.39 Å². The predicted octanol–water partition coefficient (Wildman–Crippen LogP) is 5.69. The summed E-state index contributed by atoms with van der Waals surface area (Å²) in [6, 6.07) is 11.2. The summed E-state index contributed by atoms with van der Waals surface area (Å²) in [5.74, 6) is -0.424. The van der Waals surface area contributed by atoms with Gasteiger partial charge in [0.25, 0.3) is 0 Å². The summed E-state index contributed by atoms with van der Waals surface area (Å²) >= 11 is 12.3. The minimum Gasteiger partial charge on any atom is -0.205 e. The van der Waals surface area contributed by atoms with Gasteiger partial charge in [0, 0.05) is 5.56 Å². The summed E-state index contributed by atoms with van der Waals surface area (Å²) in [7, 11) is 0. The van der Waals surface area contributed by atoms with Crippen molar-refractivity contribution in [3.05, 3.63) is 69.5 Å². The van der Waals surface area contributed by atoms with Gasteiger partial charge in [0.1, 0.15) is 5.82 Å². The molecule has 0 heterocycles. The molecule has 0 saturated carbocycles. The third kappa shape index (κ3) is 2.57. The molecule has 0 fully saturated rings. The summed E-state index contributed by atoms with van der Waals surface area (Å²) in [5.41, 5.74) is 4.13. The van der Waals surface area contributed by atoms with Crippen molar-refractivity contribution in [2.45, 2.75) is 31.1 Å². The first kappa shape index (κ1) is 13.9. The van der Waals surface area contributed by atoms with Gasteiger partial charge in [0.05, 0.1) is 10.4 Å². The molecule has 20 heavy (non-hydrogen) atoms. The first-order valence-corrected chi connectivity index (χ1v) is 7.68. The van der Waals surface area contributed by atoms with Crippen LogP contribution in [0.2, 0.25) is 5.02 Å². The maximum atomic E-state index is 14.1. The highest BCUT2D eigenvalue weighted by atomic mass is 35.5. The largest absolute Gasteiger partial charge is 0.205 e. The molecule has 0 N–H and O–H groups in total. The van der Waals surface area contributed by atoms with Gasteiger partial charge < -0.3 is 0 Å². The highest BCUT2D eigenvalue weighted by Crippen LogP contribution is 2.34. The zero-order valence-electron chi connectivity index (χ0n) is 11.0. The third-order valence-corrected chi connectivity index (χ3v) is 4.70. The van der Waals surface area contributed by atoms with Gasteiger partial charge in [-0.25, -0.2) is 4.39 Å². The maximum Gasteiger partial charge on any atom is 0.146 e. The van der Waals surface area contributed by atoms with Gasteiger partial charge in [-0.15, -0.1) is 11.6 Å². The lowest BCUT2D eigenvalue weighted by Crippen LogP contribution is -2.05. The third-order valence-electron chi connectivity index (χ3n) is 3.92. The van der Waals surface area contributed by atoms with Gasteiger partial charge >= 0.3 is 0 Å². The highest BCUT2D eigenvalue weighted by Gasteiger charge is 2.19. The molecule has 0 radical (unpaired) electrons. The monoisotopic (exact) mass is 308 g/mol. The Morgan fingerprint density at radius 1 is 1.00 bits per heavy atom. The lowest BCUT2D eigenvalue weighted by Gasteiger charge is -2.19. The molecule has 1 aliphatic carbocycles. The van der Waals surface area contributed by atoms with E-state index in [0.717, 1.165) is 18.4 Å². The molecule has 0 saturated heterocycles. The van der Waals surface area contributed by atoms with E-state index in [1.807, 2.05) is 6.07 Å². The van der Waals surface area contributed by atoms with Gasteiger partial charge in [-0.05, 0) is 48.4 Å². The molecule has 1 atom stereocenters. The SMILES string of the molecule is Fc1c(Cl)cccc1C(Cl)c1ccc2c(c1)CCCC2. The van der Waals surface area contributed by atoms with Gasteiger partial charge in [0.15, 0.2) is 0 Å². The fraction of sp³-hybridized carbons (Fsp3) is 0.294. The molecule has 0 amide bonds. The van der Waals surface area contributed by atoms with Crippen LogP contribution in [0.4, 0.5) is 4.39 Å². The highest BCUT2D eigenvalue weighted by molar-refractivity contribution is 6.31. The Hall–Kier alpha value is -1.05. The van der Waals surface area contributed by atoms with E-state index in [4.69, 9.17) is 23.2 Å². The van der Waals surface area contributed by atoms with Crippen molar-refractivity contribution < 1.29 is 4.39 Å². The van der Waals surface area contributed by atoms with E-state index in [1.165, 1.54) is 30.0 Å². The van der Waals surface area contributed by atoms with E-state index in [2.05, 4.69) is 12.1 Å². The van der Waals surface area contributed by atoms with Crippen molar-refractivity contribution in [3.63, 3.8) is 0 Å². The normalized spacial score (nSPS) is 15.8. The molecule has 3 rings (SSSR count). The average molecular weight is 309 g/mol. The predicted molar refractivity (Wildman–Crippen MR) is 82.2 cm³/mol. The van der Waals surface area contributed by atoms with Crippen LogP contribution in [0.5, 0.6) is 0 Å². The van der Waals surface area contributed by atoms with Crippen molar-refractivity contribution in [2.24, 2.45) is 0 Å². The van der Waals surface area contributed by atoms with Gasteiger partial charge in [-0.1, -0.05) is 41.9 Å². The topological polar surface area (TPSA) is 0 Å². The molecule has 2 aromatic rings. The van der Waals surface area contributed by atoms with Crippen LogP contribution in [0.25, 0.3) is 0 Å². The minimum absolute atomic E-state index is 0.117.